The van der Waals surface area contributed by atoms with Gasteiger partial charge in [-0.25, -0.2) is 4.39 Å². The van der Waals surface area contributed by atoms with Crippen LogP contribution in [0.4, 0.5) is 23.2 Å². The topological polar surface area (TPSA) is 29.0 Å². The van der Waals surface area contributed by atoms with Gasteiger partial charge in [0.2, 0.25) is 0 Å². The summed E-state index contributed by atoms with van der Waals surface area (Å²) in [6.45, 7) is 2.56. The van der Waals surface area contributed by atoms with Gasteiger partial charge in [-0.05, 0) is 68.0 Å². The largest absolute Gasteiger partial charge is 0.416 e. The van der Waals surface area contributed by atoms with Crippen LogP contribution >= 0.6 is 0 Å². The molecule has 1 unspecified atom stereocenters. The van der Waals surface area contributed by atoms with Crippen LogP contribution in [0.2, 0.25) is 0 Å². The quantitative estimate of drug-likeness (QED) is 0.461. The summed E-state index contributed by atoms with van der Waals surface area (Å²) in [5, 5.41) is 0. The number of pyridine rings is 2. The van der Waals surface area contributed by atoms with Gasteiger partial charge in [0, 0.05) is 24.6 Å². The average Bonchev–Trinajstić information content (AvgIpc) is 3.23. The molecule has 0 amide bonds. The van der Waals surface area contributed by atoms with Crippen LogP contribution in [0.3, 0.4) is 0 Å². The van der Waals surface area contributed by atoms with Gasteiger partial charge in [-0.15, -0.1) is 0 Å². The Morgan fingerprint density at radius 3 is 2.45 bits per heavy atom. The fourth-order valence-corrected chi connectivity index (χ4v) is 4.08. The van der Waals surface area contributed by atoms with Gasteiger partial charge in [0.25, 0.3) is 0 Å². The normalized spacial score (nSPS) is 16.7. The molecular formula is C24H23F4N3. The molecule has 1 atom stereocenters. The SMILES string of the molecule is Cc1ccc(CCc2nccc(N3CCCC3c3ccc(C(F)(F)F)cc3)c2F)cn1. The van der Waals surface area contributed by atoms with Crippen LogP contribution in [0.5, 0.6) is 0 Å². The molecule has 2 aromatic heterocycles. The van der Waals surface area contributed by atoms with E-state index in [9.17, 15) is 13.2 Å². The average molecular weight is 429 g/mol. The van der Waals surface area contributed by atoms with Crippen molar-refractivity contribution in [2.45, 2.75) is 44.8 Å². The second-order valence-corrected chi connectivity index (χ2v) is 7.87. The summed E-state index contributed by atoms with van der Waals surface area (Å²) in [4.78, 5) is 10.4. The molecule has 0 bridgehead atoms. The van der Waals surface area contributed by atoms with Gasteiger partial charge in [0.1, 0.15) is 0 Å². The first-order chi connectivity index (χ1) is 14.8. The maximum Gasteiger partial charge on any atom is 0.416 e. The van der Waals surface area contributed by atoms with Crippen molar-refractivity contribution >= 4 is 5.69 Å². The highest BCUT2D eigenvalue weighted by Crippen LogP contribution is 2.39. The molecular weight excluding hydrogens is 406 g/mol. The molecule has 3 aromatic rings. The monoisotopic (exact) mass is 429 g/mol. The van der Waals surface area contributed by atoms with Crippen molar-refractivity contribution in [3.05, 3.63) is 88.8 Å². The summed E-state index contributed by atoms with van der Waals surface area (Å²) in [5.41, 5.74) is 2.86. The van der Waals surface area contributed by atoms with Crippen molar-refractivity contribution in [3.8, 4) is 0 Å². The molecule has 1 aromatic carbocycles. The number of halogens is 4. The van der Waals surface area contributed by atoms with Crippen LogP contribution in [0.25, 0.3) is 0 Å². The van der Waals surface area contributed by atoms with E-state index in [0.717, 1.165) is 41.8 Å². The van der Waals surface area contributed by atoms with Crippen LogP contribution in [0.1, 0.15) is 47.0 Å². The van der Waals surface area contributed by atoms with Crippen molar-refractivity contribution in [2.24, 2.45) is 0 Å². The van der Waals surface area contributed by atoms with Crippen LogP contribution in [0.15, 0.2) is 54.9 Å². The molecule has 0 aliphatic carbocycles. The van der Waals surface area contributed by atoms with E-state index in [2.05, 4.69) is 9.97 Å². The lowest BCUT2D eigenvalue weighted by molar-refractivity contribution is -0.137. The molecule has 31 heavy (non-hydrogen) atoms. The number of aryl methyl sites for hydroxylation is 3. The van der Waals surface area contributed by atoms with Crippen LogP contribution in [-0.2, 0) is 19.0 Å². The maximum absolute atomic E-state index is 15.3. The highest BCUT2D eigenvalue weighted by molar-refractivity contribution is 5.52. The Hall–Kier alpha value is -2.96. The predicted octanol–water partition coefficient (Wildman–Crippen LogP) is 6.07. The summed E-state index contributed by atoms with van der Waals surface area (Å²) in [7, 11) is 0. The molecule has 3 heterocycles. The van der Waals surface area contributed by atoms with Crippen LogP contribution in [-0.4, -0.2) is 16.5 Å². The number of hydrogen-bond acceptors (Lipinski definition) is 3. The zero-order chi connectivity index (χ0) is 22.0. The first-order valence-electron chi connectivity index (χ1n) is 10.3. The summed E-state index contributed by atoms with van der Waals surface area (Å²) in [6.07, 6.45) is 1.70. The first kappa shape index (κ1) is 21.3. The molecule has 1 fully saturated rings. The highest BCUT2D eigenvalue weighted by atomic mass is 19.4. The maximum atomic E-state index is 15.3. The Labute approximate surface area is 178 Å². The third kappa shape index (κ3) is 4.70. The molecule has 1 aliphatic rings. The molecule has 4 rings (SSSR count). The zero-order valence-corrected chi connectivity index (χ0v) is 17.2. The van der Waals surface area contributed by atoms with Gasteiger partial charge in [-0.3, -0.25) is 9.97 Å². The summed E-state index contributed by atoms with van der Waals surface area (Å²) < 4.78 is 54.0. The summed E-state index contributed by atoms with van der Waals surface area (Å²) in [6, 6.07) is 10.6. The minimum absolute atomic E-state index is 0.159. The summed E-state index contributed by atoms with van der Waals surface area (Å²) >= 11 is 0. The van der Waals surface area contributed by atoms with Gasteiger partial charge in [-0.1, -0.05) is 18.2 Å². The lowest BCUT2D eigenvalue weighted by atomic mass is 10.0. The first-order valence-corrected chi connectivity index (χ1v) is 10.3. The molecule has 0 spiro atoms. The smallest absolute Gasteiger partial charge is 0.362 e. The molecule has 0 N–H and O–H groups in total. The molecule has 3 nitrogen and oxygen atoms in total. The van der Waals surface area contributed by atoms with E-state index in [-0.39, 0.29) is 11.9 Å². The lowest BCUT2D eigenvalue weighted by Crippen LogP contribution is -2.24. The van der Waals surface area contributed by atoms with Crippen molar-refractivity contribution in [1.29, 1.82) is 0 Å². The third-order valence-corrected chi connectivity index (χ3v) is 5.75. The standard InChI is InChI=1S/C24H23F4N3/c1-16-4-5-17(15-30-16)6-11-20-23(25)22(12-13-29-20)31-14-2-3-21(31)18-7-9-19(10-8-18)24(26,27)28/h4-5,7-10,12-13,15,21H,2-3,6,11,14H2,1H3. The Morgan fingerprint density at radius 2 is 1.77 bits per heavy atom. The van der Waals surface area contributed by atoms with Crippen molar-refractivity contribution in [2.75, 3.05) is 11.4 Å². The number of alkyl halides is 3. The fourth-order valence-electron chi connectivity index (χ4n) is 4.08. The summed E-state index contributed by atoms with van der Waals surface area (Å²) in [5.74, 6) is -0.360. The molecule has 7 heteroatoms. The molecule has 162 valence electrons. The Bertz CT molecular complexity index is 1030. The second kappa shape index (κ2) is 8.65. The van der Waals surface area contributed by atoms with E-state index < -0.39 is 11.7 Å². The minimum atomic E-state index is -4.37. The van der Waals surface area contributed by atoms with E-state index in [0.29, 0.717) is 30.8 Å². The number of nitrogens with zero attached hydrogens (tertiary/aromatic N) is 3. The highest BCUT2D eigenvalue weighted by Gasteiger charge is 2.32. The number of anilines is 1. The van der Waals surface area contributed by atoms with Crippen molar-refractivity contribution in [1.82, 2.24) is 9.97 Å². The second-order valence-electron chi connectivity index (χ2n) is 7.87. The van der Waals surface area contributed by atoms with E-state index >= 15 is 4.39 Å². The van der Waals surface area contributed by atoms with Crippen molar-refractivity contribution < 1.29 is 17.6 Å². The van der Waals surface area contributed by atoms with Crippen LogP contribution in [0, 0.1) is 12.7 Å². The van der Waals surface area contributed by atoms with E-state index in [1.807, 2.05) is 24.0 Å². The van der Waals surface area contributed by atoms with Gasteiger partial charge < -0.3 is 4.90 Å². The third-order valence-electron chi connectivity index (χ3n) is 5.75. The Balaban J connectivity index is 1.54. The lowest BCUT2D eigenvalue weighted by Gasteiger charge is -2.28. The molecule has 1 aliphatic heterocycles. The Kier molecular flexibility index (Phi) is 5.94. The molecule has 0 radical (unpaired) electrons. The number of hydrogen-bond donors (Lipinski definition) is 0. The molecule has 1 saturated heterocycles. The fraction of sp³-hybridized carbons (Fsp3) is 0.333. The van der Waals surface area contributed by atoms with Crippen molar-refractivity contribution in [3.63, 3.8) is 0 Å². The van der Waals surface area contributed by atoms with Gasteiger partial charge >= 0.3 is 6.18 Å². The van der Waals surface area contributed by atoms with Gasteiger partial charge in [-0.2, -0.15) is 13.2 Å². The number of aromatic nitrogens is 2. The zero-order valence-electron chi connectivity index (χ0n) is 17.2. The van der Waals surface area contributed by atoms with E-state index in [4.69, 9.17) is 0 Å². The predicted molar refractivity (Wildman–Crippen MR) is 111 cm³/mol. The molecule has 0 saturated carbocycles. The Morgan fingerprint density at radius 1 is 1.00 bits per heavy atom. The minimum Gasteiger partial charge on any atom is -0.362 e. The number of rotatable bonds is 5. The number of benzene rings is 1. The van der Waals surface area contributed by atoms with E-state index in [1.54, 1.807) is 18.5 Å². The van der Waals surface area contributed by atoms with E-state index in [1.165, 1.54) is 12.1 Å². The van der Waals surface area contributed by atoms with Gasteiger partial charge in [0.15, 0.2) is 5.82 Å². The van der Waals surface area contributed by atoms with Gasteiger partial charge in [0.05, 0.1) is 23.0 Å². The van der Waals surface area contributed by atoms with Crippen LogP contribution < -0.4 is 4.90 Å².